The van der Waals surface area contributed by atoms with E-state index in [0.29, 0.717) is 0 Å². The molecule has 1 unspecified atom stereocenters. The quantitative estimate of drug-likeness (QED) is 0.761. The lowest BCUT2D eigenvalue weighted by Gasteiger charge is -2.22. The highest BCUT2D eigenvalue weighted by Gasteiger charge is 2.39. The zero-order valence-electron chi connectivity index (χ0n) is 9.20. The van der Waals surface area contributed by atoms with Crippen LogP contribution in [-0.2, 0) is 12.0 Å². The molecule has 3 rings (SSSR count). The number of benzene rings is 1. The highest BCUT2D eigenvalue weighted by atomic mass is 16.3. The molecule has 0 saturated carbocycles. The zero-order chi connectivity index (χ0) is 11.2. The van der Waals surface area contributed by atoms with E-state index in [9.17, 15) is 5.11 Å². The highest BCUT2D eigenvalue weighted by Crippen LogP contribution is 2.41. The number of aromatic nitrogens is 2. The van der Waals surface area contributed by atoms with Gasteiger partial charge in [0.25, 0.3) is 0 Å². The zero-order valence-corrected chi connectivity index (χ0v) is 9.20. The van der Waals surface area contributed by atoms with E-state index < -0.39 is 5.60 Å². The summed E-state index contributed by atoms with van der Waals surface area (Å²) >= 11 is 0. The molecule has 0 saturated heterocycles. The van der Waals surface area contributed by atoms with E-state index in [2.05, 4.69) is 23.0 Å². The Kier molecular flexibility index (Phi) is 1.91. The number of aryl methyl sites for hydroxylation is 1. The van der Waals surface area contributed by atoms with E-state index >= 15 is 0 Å². The number of aliphatic hydroxyl groups is 1. The topological polar surface area (TPSA) is 48.9 Å². The Morgan fingerprint density at radius 2 is 2.31 bits per heavy atom. The maximum Gasteiger partial charge on any atom is 0.131 e. The third-order valence-corrected chi connectivity index (χ3v) is 3.54. The van der Waals surface area contributed by atoms with Crippen molar-refractivity contribution in [3.05, 3.63) is 53.1 Å². The van der Waals surface area contributed by atoms with Gasteiger partial charge in [-0.2, -0.15) is 0 Å². The fourth-order valence-corrected chi connectivity index (χ4v) is 2.62. The minimum absolute atomic E-state index is 0.732. The van der Waals surface area contributed by atoms with Gasteiger partial charge in [-0.15, -0.1) is 0 Å². The van der Waals surface area contributed by atoms with Gasteiger partial charge in [0.05, 0.1) is 18.2 Å². The maximum absolute atomic E-state index is 10.8. The molecule has 1 aromatic carbocycles. The van der Waals surface area contributed by atoms with Gasteiger partial charge >= 0.3 is 0 Å². The highest BCUT2D eigenvalue weighted by molar-refractivity contribution is 5.46. The van der Waals surface area contributed by atoms with Gasteiger partial charge in [-0.1, -0.05) is 18.2 Å². The Hall–Kier alpha value is -1.61. The number of hydrogen-bond donors (Lipinski definition) is 2. The number of H-pyrrole nitrogens is 1. The molecule has 1 aromatic heterocycles. The van der Waals surface area contributed by atoms with Crippen molar-refractivity contribution in [3.8, 4) is 0 Å². The smallest absolute Gasteiger partial charge is 0.131 e. The summed E-state index contributed by atoms with van der Waals surface area (Å²) in [6, 6.07) is 6.11. The van der Waals surface area contributed by atoms with Crippen LogP contribution < -0.4 is 0 Å². The van der Waals surface area contributed by atoms with Gasteiger partial charge in [0.1, 0.15) is 5.60 Å². The van der Waals surface area contributed by atoms with E-state index in [-0.39, 0.29) is 0 Å². The molecule has 0 amide bonds. The van der Waals surface area contributed by atoms with Gasteiger partial charge in [-0.3, -0.25) is 0 Å². The first-order valence-electron chi connectivity index (χ1n) is 5.52. The lowest BCUT2D eigenvalue weighted by molar-refractivity contribution is 0.0787. The molecular weight excluding hydrogens is 200 g/mol. The molecular formula is C13H14N2O. The third-order valence-electron chi connectivity index (χ3n) is 3.54. The second-order valence-electron chi connectivity index (χ2n) is 4.43. The minimum atomic E-state index is -0.877. The van der Waals surface area contributed by atoms with Crippen molar-refractivity contribution in [1.29, 1.82) is 0 Å². The normalized spacial score (nSPS) is 23.4. The van der Waals surface area contributed by atoms with Crippen LogP contribution in [0.2, 0.25) is 0 Å². The number of hydrogen-bond acceptors (Lipinski definition) is 2. The van der Waals surface area contributed by atoms with Crippen molar-refractivity contribution in [2.24, 2.45) is 0 Å². The molecule has 0 radical (unpaired) electrons. The molecule has 3 nitrogen and oxygen atoms in total. The Bertz CT molecular complexity index is 519. The van der Waals surface area contributed by atoms with Crippen molar-refractivity contribution in [3.63, 3.8) is 0 Å². The summed E-state index contributed by atoms with van der Waals surface area (Å²) in [7, 11) is 0. The first-order chi connectivity index (χ1) is 7.72. The largest absolute Gasteiger partial charge is 0.379 e. The van der Waals surface area contributed by atoms with Gasteiger partial charge in [0.15, 0.2) is 0 Å². The number of fused-ring (bicyclic) bond motifs is 1. The molecule has 0 aliphatic heterocycles. The standard InChI is InChI=1S/C13H14N2O/c1-9-3-2-4-11-10(9)5-6-13(11,16)12-7-14-8-15-12/h2-4,7-8,16H,5-6H2,1H3,(H,14,15). The summed E-state index contributed by atoms with van der Waals surface area (Å²) in [5, 5.41) is 10.8. The lowest BCUT2D eigenvalue weighted by atomic mass is 9.92. The van der Waals surface area contributed by atoms with E-state index in [1.807, 2.05) is 12.1 Å². The minimum Gasteiger partial charge on any atom is -0.379 e. The average molecular weight is 214 g/mol. The van der Waals surface area contributed by atoms with E-state index in [1.165, 1.54) is 11.1 Å². The molecule has 1 aliphatic rings. The molecule has 82 valence electrons. The number of nitrogens with one attached hydrogen (secondary N) is 1. The summed E-state index contributed by atoms with van der Waals surface area (Å²) in [6.45, 7) is 2.09. The van der Waals surface area contributed by atoms with Gasteiger partial charge in [0, 0.05) is 0 Å². The van der Waals surface area contributed by atoms with Crippen LogP contribution in [0.3, 0.4) is 0 Å². The van der Waals surface area contributed by atoms with Crippen LogP contribution in [0.25, 0.3) is 0 Å². The van der Waals surface area contributed by atoms with Crippen LogP contribution in [-0.4, -0.2) is 15.1 Å². The van der Waals surface area contributed by atoms with E-state index in [0.717, 1.165) is 24.1 Å². The SMILES string of the molecule is Cc1cccc2c1CCC2(O)c1cnc[nH]1. The Morgan fingerprint density at radius 1 is 1.44 bits per heavy atom. The van der Waals surface area contributed by atoms with Crippen molar-refractivity contribution < 1.29 is 5.11 Å². The Morgan fingerprint density at radius 3 is 3.06 bits per heavy atom. The van der Waals surface area contributed by atoms with Crippen molar-refractivity contribution in [1.82, 2.24) is 9.97 Å². The van der Waals surface area contributed by atoms with Crippen LogP contribution in [0.4, 0.5) is 0 Å². The summed E-state index contributed by atoms with van der Waals surface area (Å²) in [6.07, 6.45) is 4.98. The third kappa shape index (κ3) is 1.15. The molecule has 0 fully saturated rings. The average Bonchev–Trinajstić information content (AvgIpc) is 2.88. The fraction of sp³-hybridized carbons (Fsp3) is 0.308. The molecule has 3 heteroatoms. The van der Waals surface area contributed by atoms with Crippen LogP contribution in [0.1, 0.15) is 28.8 Å². The Labute approximate surface area is 94.2 Å². The molecule has 1 aliphatic carbocycles. The lowest BCUT2D eigenvalue weighted by Crippen LogP contribution is -2.24. The summed E-state index contributed by atoms with van der Waals surface area (Å²) in [5.41, 5.74) is 3.47. The predicted octanol–water partition coefficient (Wildman–Crippen LogP) is 1.90. The van der Waals surface area contributed by atoms with Crippen LogP contribution in [0.5, 0.6) is 0 Å². The van der Waals surface area contributed by atoms with Gasteiger partial charge in [-0.05, 0) is 36.5 Å². The van der Waals surface area contributed by atoms with Gasteiger partial charge in [-0.25, -0.2) is 4.98 Å². The monoisotopic (exact) mass is 214 g/mol. The van der Waals surface area contributed by atoms with Crippen LogP contribution in [0.15, 0.2) is 30.7 Å². The molecule has 2 N–H and O–H groups in total. The summed E-state index contributed by atoms with van der Waals surface area (Å²) in [4.78, 5) is 7.01. The number of aromatic amines is 1. The maximum atomic E-state index is 10.8. The second-order valence-corrected chi connectivity index (χ2v) is 4.43. The molecule has 2 aromatic rings. The van der Waals surface area contributed by atoms with Crippen molar-refractivity contribution in [2.75, 3.05) is 0 Å². The van der Waals surface area contributed by atoms with Gasteiger partial charge < -0.3 is 10.1 Å². The number of rotatable bonds is 1. The molecule has 1 atom stereocenters. The van der Waals surface area contributed by atoms with Crippen molar-refractivity contribution in [2.45, 2.75) is 25.4 Å². The van der Waals surface area contributed by atoms with E-state index in [1.54, 1.807) is 12.5 Å². The van der Waals surface area contributed by atoms with Crippen LogP contribution >= 0.6 is 0 Å². The van der Waals surface area contributed by atoms with Crippen LogP contribution in [0, 0.1) is 6.92 Å². The van der Waals surface area contributed by atoms with E-state index in [4.69, 9.17) is 0 Å². The summed E-state index contributed by atoms with van der Waals surface area (Å²) in [5.74, 6) is 0. The first kappa shape index (κ1) is 9.60. The number of imidazole rings is 1. The first-order valence-corrected chi connectivity index (χ1v) is 5.52. The second kappa shape index (κ2) is 3.19. The number of nitrogens with zero attached hydrogens (tertiary/aromatic N) is 1. The molecule has 0 spiro atoms. The molecule has 1 heterocycles. The van der Waals surface area contributed by atoms with Gasteiger partial charge in [0.2, 0.25) is 0 Å². The Balaban J connectivity index is 2.19. The summed E-state index contributed by atoms with van der Waals surface area (Å²) < 4.78 is 0. The van der Waals surface area contributed by atoms with Crippen molar-refractivity contribution >= 4 is 0 Å². The predicted molar refractivity (Wildman–Crippen MR) is 61.1 cm³/mol. The molecule has 16 heavy (non-hydrogen) atoms. The fourth-order valence-electron chi connectivity index (χ4n) is 2.62. The molecule has 0 bridgehead atoms.